The molecule has 0 saturated heterocycles. The molecule has 0 atom stereocenters. The summed E-state index contributed by atoms with van der Waals surface area (Å²) in [6.45, 7) is -0.927. The second-order valence-corrected chi connectivity index (χ2v) is 7.16. The average Bonchev–Trinajstić information content (AvgIpc) is 3.12. The second kappa shape index (κ2) is 10.3. The van der Waals surface area contributed by atoms with Crippen LogP contribution in [-0.4, -0.2) is 55.2 Å². The van der Waals surface area contributed by atoms with E-state index in [1.165, 1.54) is 19.4 Å². The van der Waals surface area contributed by atoms with Crippen LogP contribution in [0.5, 0.6) is 11.8 Å². The summed E-state index contributed by atoms with van der Waals surface area (Å²) in [5.41, 5.74) is -1.72. The minimum Gasteiger partial charge on any atom is -0.480 e. The number of aromatic nitrogens is 5. The van der Waals surface area contributed by atoms with Gasteiger partial charge in [0.15, 0.2) is 24.1 Å². The molecule has 11 nitrogen and oxygen atoms in total. The summed E-state index contributed by atoms with van der Waals surface area (Å²) in [4.78, 5) is 32.8. The Labute approximate surface area is 198 Å². The zero-order valence-corrected chi connectivity index (χ0v) is 18.8. The number of methoxy groups -OCH3 is 1. The SMILES string of the molecule is CCn1c(CO)nn(-c2nc(OCC(F)(F)F)c(C(=O)Nc3cc(Cl)cnc3OC)cc2F)c1=O. The van der Waals surface area contributed by atoms with Gasteiger partial charge in [-0.1, -0.05) is 11.6 Å². The highest BCUT2D eigenvalue weighted by Gasteiger charge is 2.31. The number of carbonyl (C=O) groups is 1. The summed E-state index contributed by atoms with van der Waals surface area (Å²) in [6.07, 6.45) is -3.60. The van der Waals surface area contributed by atoms with Crippen LogP contribution in [0.3, 0.4) is 0 Å². The van der Waals surface area contributed by atoms with E-state index in [4.69, 9.17) is 16.3 Å². The Kier molecular flexibility index (Phi) is 7.60. The number of aliphatic hydroxyl groups is 1. The summed E-state index contributed by atoms with van der Waals surface area (Å²) in [5, 5.41) is 15.5. The van der Waals surface area contributed by atoms with Crippen molar-refractivity contribution in [1.29, 1.82) is 0 Å². The van der Waals surface area contributed by atoms with E-state index >= 15 is 0 Å². The fourth-order valence-corrected chi connectivity index (χ4v) is 3.07. The second-order valence-electron chi connectivity index (χ2n) is 6.73. The van der Waals surface area contributed by atoms with Crippen molar-refractivity contribution in [3.05, 3.63) is 51.0 Å². The van der Waals surface area contributed by atoms with Crippen molar-refractivity contribution in [1.82, 2.24) is 24.3 Å². The van der Waals surface area contributed by atoms with Crippen LogP contribution in [0.25, 0.3) is 5.82 Å². The topological polar surface area (TPSA) is 133 Å². The molecule has 0 fully saturated rings. The number of rotatable bonds is 8. The van der Waals surface area contributed by atoms with Crippen molar-refractivity contribution >= 4 is 23.2 Å². The van der Waals surface area contributed by atoms with Crippen LogP contribution in [-0.2, 0) is 13.2 Å². The van der Waals surface area contributed by atoms with Crippen LogP contribution in [0.2, 0.25) is 5.02 Å². The third-order valence-electron chi connectivity index (χ3n) is 4.40. The molecule has 3 rings (SSSR count). The van der Waals surface area contributed by atoms with Crippen molar-refractivity contribution in [2.24, 2.45) is 0 Å². The van der Waals surface area contributed by atoms with Gasteiger partial charge in [0.25, 0.3) is 5.91 Å². The minimum atomic E-state index is -4.82. The Morgan fingerprint density at radius 3 is 2.57 bits per heavy atom. The Morgan fingerprint density at radius 2 is 2.00 bits per heavy atom. The van der Waals surface area contributed by atoms with Crippen molar-refractivity contribution in [3.8, 4) is 17.6 Å². The number of aliphatic hydroxyl groups excluding tert-OH is 1. The Balaban J connectivity index is 2.11. The Bertz CT molecular complexity index is 1310. The fourth-order valence-electron chi connectivity index (χ4n) is 2.91. The molecule has 0 radical (unpaired) electrons. The van der Waals surface area contributed by atoms with Crippen molar-refractivity contribution in [3.63, 3.8) is 0 Å². The monoisotopic (exact) mass is 520 g/mol. The normalized spacial score (nSPS) is 11.4. The fraction of sp³-hybridized carbons (Fsp3) is 0.316. The maximum atomic E-state index is 15.0. The molecule has 3 heterocycles. The van der Waals surface area contributed by atoms with E-state index in [1.807, 2.05) is 0 Å². The van der Waals surface area contributed by atoms with Gasteiger partial charge >= 0.3 is 11.9 Å². The maximum Gasteiger partial charge on any atom is 0.422 e. The number of alkyl halides is 3. The predicted molar refractivity (Wildman–Crippen MR) is 112 cm³/mol. The van der Waals surface area contributed by atoms with Gasteiger partial charge in [-0.3, -0.25) is 9.36 Å². The number of amides is 1. The first-order chi connectivity index (χ1) is 16.5. The predicted octanol–water partition coefficient (Wildman–Crippen LogP) is 2.33. The van der Waals surface area contributed by atoms with Crippen molar-refractivity contribution < 1.29 is 36.9 Å². The van der Waals surface area contributed by atoms with E-state index in [-0.39, 0.29) is 29.0 Å². The van der Waals surface area contributed by atoms with Crippen LogP contribution in [0.15, 0.2) is 23.1 Å². The molecular weight excluding hydrogens is 504 g/mol. The maximum absolute atomic E-state index is 15.0. The molecule has 35 heavy (non-hydrogen) atoms. The first-order valence-corrected chi connectivity index (χ1v) is 10.1. The lowest BCUT2D eigenvalue weighted by Gasteiger charge is -2.15. The lowest BCUT2D eigenvalue weighted by Crippen LogP contribution is -2.27. The van der Waals surface area contributed by atoms with E-state index < -0.39 is 54.1 Å². The molecule has 0 unspecified atom stereocenters. The van der Waals surface area contributed by atoms with E-state index in [9.17, 15) is 32.3 Å². The lowest BCUT2D eigenvalue weighted by molar-refractivity contribution is -0.154. The summed E-state index contributed by atoms with van der Waals surface area (Å²) in [7, 11) is 1.24. The molecule has 16 heteroatoms. The average molecular weight is 521 g/mol. The standard InChI is InChI=1S/C19H17ClF4N6O5/c1-3-29-13(7-31)28-30(18(29)33)14-11(21)5-10(16(27-14)35-8-19(22,23)24)15(32)26-12-4-9(20)6-25-17(12)34-2/h4-6,31H,3,7-8H2,1-2H3,(H,26,32). The van der Waals surface area contributed by atoms with Gasteiger partial charge in [-0.25, -0.2) is 14.2 Å². The molecule has 1 amide bonds. The van der Waals surface area contributed by atoms with Gasteiger partial charge in [0.1, 0.15) is 17.9 Å². The molecule has 0 aromatic carbocycles. The summed E-state index contributed by atoms with van der Waals surface area (Å²) >= 11 is 5.85. The number of pyridine rings is 2. The largest absolute Gasteiger partial charge is 0.480 e. The van der Waals surface area contributed by atoms with Crippen LogP contribution < -0.4 is 20.5 Å². The number of carbonyl (C=O) groups excluding carboxylic acids is 1. The van der Waals surface area contributed by atoms with Gasteiger partial charge < -0.3 is 19.9 Å². The molecular formula is C19H17ClF4N6O5. The van der Waals surface area contributed by atoms with Crippen molar-refractivity contribution in [2.75, 3.05) is 19.0 Å². The van der Waals surface area contributed by atoms with Crippen LogP contribution in [0, 0.1) is 5.82 Å². The van der Waals surface area contributed by atoms with Gasteiger partial charge in [-0.05, 0) is 19.1 Å². The molecule has 3 aromatic rings. The molecule has 0 saturated carbocycles. The molecule has 188 valence electrons. The van der Waals surface area contributed by atoms with E-state index in [0.717, 1.165) is 4.57 Å². The van der Waals surface area contributed by atoms with Crippen LogP contribution in [0.4, 0.5) is 23.2 Å². The third kappa shape index (κ3) is 5.68. The Hall–Kier alpha value is -3.72. The molecule has 2 N–H and O–H groups in total. The zero-order valence-electron chi connectivity index (χ0n) is 18.1. The van der Waals surface area contributed by atoms with E-state index in [1.54, 1.807) is 6.92 Å². The quantitative estimate of drug-likeness (QED) is 0.432. The highest BCUT2D eigenvalue weighted by Crippen LogP contribution is 2.28. The number of hydrogen-bond donors (Lipinski definition) is 2. The number of nitrogens with one attached hydrogen (secondary N) is 1. The number of hydrogen-bond acceptors (Lipinski definition) is 8. The van der Waals surface area contributed by atoms with Crippen LogP contribution >= 0.6 is 11.6 Å². The lowest BCUT2D eigenvalue weighted by atomic mass is 10.2. The van der Waals surface area contributed by atoms with Crippen molar-refractivity contribution in [2.45, 2.75) is 26.3 Å². The molecule has 0 aliphatic carbocycles. The van der Waals surface area contributed by atoms with Gasteiger partial charge in [0.2, 0.25) is 11.8 Å². The number of ether oxygens (including phenoxy) is 2. The molecule has 0 bridgehead atoms. The molecule has 0 spiro atoms. The third-order valence-corrected chi connectivity index (χ3v) is 4.60. The van der Waals surface area contributed by atoms with Gasteiger partial charge in [0.05, 0.1) is 12.1 Å². The first kappa shape index (κ1) is 25.9. The molecule has 0 aliphatic rings. The van der Waals surface area contributed by atoms with E-state index in [2.05, 4.69) is 25.1 Å². The number of anilines is 1. The van der Waals surface area contributed by atoms with Gasteiger partial charge in [0, 0.05) is 12.7 Å². The highest BCUT2D eigenvalue weighted by molar-refractivity contribution is 6.30. The summed E-state index contributed by atoms with van der Waals surface area (Å²) in [5.74, 6) is -4.41. The zero-order chi connectivity index (χ0) is 25.9. The number of halogens is 5. The van der Waals surface area contributed by atoms with E-state index in [0.29, 0.717) is 10.7 Å². The van der Waals surface area contributed by atoms with Gasteiger partial charge in [-0.2, -0.15) is 22.8 Å². The molecule has 0 aliphatic heterocycles. The van der Waals surface area contributed by atoms with Gasteiger partial charge in [-0.15, -0.1) is 5.10 Å². The first-order valence-electron chi connectivity index (χ1n) is 9.70. The highest BCUT2D eigenvalue weighted by atomic mass is 35.5. The molecule has 3 aromatic heterocycles. The summed E-state index contributed by atoms with van der Waals surface area (Å²) in [6, 6.07) is 1.77. The Morgan fingerprint density at radius 1 is 1.29 bits per heavy atom. The summed E-state index contributed by atoms with van der Waals surface area (Å²) < 4.78 is 64.5. The minimum absolute atomic E-state index is 0.0593. The smallest absolute Gasteiger partial charge is 0.422 e. The van der Waals surface area contributed by atoms with Crippen LogP contribution in [0.1, 0.15) is 23.1 Å². The number of nitrogens with zero attached hydrogens (tertiary/aromatic N) is 5.